The van der Waals surface area contributed by atoms with Crippen molar-refractivity contribution in [2.45, 2.75) is 13.5 Å². The molecule has 0 bridgehead atoms. The molecular formula is C15H13ClN2O3. The van der Waals surface area contributed by atoms with Gasteiger partial charge >= 0.3 is 5.97 Å². The highest BCUT2D eigenvalue weighted by Crippen LogP contribution is 2.20. The number of rotatable bonds is 4. The summed E-state index contributed by atoms with van der Waals surface area (Å²) in [6.45, 7) is 2.07. The number of aromatic carboxylic acids is 1. The van der Waals surface area contributed by atoms with Crippen molar-refractivity contribution < 1.29 is 14.7 Å². The second kappa shape index (κ2) is 6.37. The molecule has 1 amide bonds. The largest absolute Gasteiger partial charge is 0.477 e. The number of hydrogen-bond acceptors (Lipinski definition) is 3. The number of benzene rings is 1. The van der Waals surface area contributed by atoms with Crippen LogP contribution in [0.1, 0.15) is 32.0 Å². The molecule has 0 aliphatic heterocycles. The van der Waals surface area contributed by atoms with Crippen molar-refractivity contribution in [1.29, 1.82) is 0 Å². The summed E-state index contributed by atoms with van der Waals surface area (Å²) in [6, 6.07) is 8.24. The van der Waals surface area contributed by atoms with Crippen LogP contribution in [0, 0.1) is 6.92 Å². The Kier molecular flexibility index (Phi) is 4.55. The Morgan fingerprint density at radius 2 is 2.05 bits per heavy atom. The zero-order valence-corrected chi connectivity index (χ0v) is 12.0. The van der Waals surface area contributed by atoms with Crippen LogP contribution in [-0.2, 0) is 6.54 Å². The summed E-state index contributed by atoms with van der Waals surface area (Å²) < 4.78 is 0. The van der Waals surface area contributed by atoms with E-state index in [1.54, 1.807) is 18.2 Å². The molecule has 2 rings (SSSR count). The minimum atomic E-state index is -1.09. The molecule has 21 heavy (non-hydrogen) atoms. The van der Waals surface area contributed by atoms with E-state index in [2.05, 4.69) is 10.3 Å². The van der Waals surface area contributed by atoms with Gasteiger partial charge < -0.3 is 10.4 Å². The lowest BCUT2D eigenvalue weighted by molar-refractivity contribution is 0.0690. The van der Waals surface area contributed by atoms with Gasteiger partial charge in [0.2, 0.25) is 0 Å². The van der Waals surface area contributed by atoms with Crippen molar-refractivity contribution in [2.75, 3.05) is 0 Å². The van der Waals surface area contributed by atoms with Crippen LogP contribution in [-0.4, -0.2) is 22.0 Å². The molecule has 0 unspecified atom stereocenters. The number of carboxylic acids is 1. The molecule has 1 heterocycles. The number of aromatic nitrogens is 1. The highest BCUT2D eigenvalue weighted by molar-refractivity contribution is 6.34. The molecule has 0 saturated heterocycles. The number of carboxylic acid groups (broad SMARTS) is 1. The summed E-state index contributed by atoms with van der Waals surface area (Å²) in [5.41, 5.74) is 1.91. The molecule has 1 aromatic carbocycles. The molecule has 2 aromatic rings. The van der Waals surface area contributed by atoms with Gasteiger partial charge in [-0.25, -0.2) is 9.78 Å². The molecule has 0 radical (unpaired) electrons. The number of hydrogen-bond donors (Lipinski definition) is 2. The van der Waals surface area contributed by atoms with Gasteiger partial charge in [-0.15, -0.1) is 0 Å². The average molecular weight is 305 g/mol. The third-order valence-corrected chi connectivity index (χ3v) is 3.44. The van der Waals surface area contributed by atoms with E-state index in [0.29, 0.717) is 16.1 Å². The van der Waals surface area contributed by atoms with Crippen LogP contribution < -0.4 is 5.32 Å². The number of carbonyl (C=O) groups is 2. The first-order valence-corrected chi connectivity index (χ1v) is 6.58. The molecule has 0 spiro atoms. The minimum absolute atomic E-state index is 0.0354. The van der Waals surface area contributed by atoms with Crippen LogP contribution in [0.5, 0.6) is 0 Å². The molecule has 2 N–H and O–H groups in total. The lowest BCUT2D eigenvalue weighted by Crippen LogP contribution is -2.23. The minimum Gasteiger partial charge on any atom is -0.477 e. The smallest absolute Gasteiger partial charge is 0.354 e. The summed E-state index contributed by atoms with van der Waals surface area (Å²) in [6.07, 6.45) is 1.42. The van der Waals surface area contributed by atoms with E-state index < -0.39 is 5.97 Å². The zero-order valence-electron chi connectivity index (χ0n) is 11.3. The monoisotopic (exact) mass is 304 g/mol. The molecular weight excluding hydrogens is 292 g/mol. The Bertz CT molecular complexity index is 684. The highest BCUT2D eigenvalue weighted by Gasteiger charge is 2.11. The van der Waals surface area contributed by atoms with Crippen molar-refractivity contribution in [3.8, 4) is 0 Å². The van der Waals surface area contributed by atoms with Gasteiger partial charge in [0, 0.05) is 12.7 Å². The lowest BCUT2D eigenvalue weighted by Gasteiger charge is -2.08. The van der Waals surface area contributed by atoms with Gasteiger partial charge in [-0.3, -0.25) is 4.79 Å². The predicted octanol–water partition coefficient (Wildman–Crippen LogP) is 2.67. The van der Waals surface area contributed by atoms with E-state index in [9.17, 15) is 9.59 Å². The Hall–Kier alpha value is -2.40. The first-order chi connectivity index (χ1) is 9.99. The van der Waals surface area contributed by atoms with E-state index in [4.69, 9.17) is 16.7 Å². The quantitative estimate of drug-likeness (QED) is 0.910. The first kappa shape index (κ1) is 15.0. The molecule has 0 fully saturated rings. The molecule has 0 aliphatic carbocycles. The van der Waals surface area contributed by atoms with Gasteiger partial charge in [0.1, 0.15) is 5.69 Å². The van der Waals surface area contributed by atoms with Crippen molar-refractivity contribution in [2.24, 2.45) is 0 Å². The standard InChI is InChI=1S/C15H13ClN2O3/c1-9-3-2-4-11(13(9)16)14(19)18-8-10-5-6-12(15(20)21)17-7-10/h2-7H,8H2,1H3,(H,18,19)(H,20,21). The fourth-order valence-electron chi connectivity index (χ4n) is 1.76. The molecule has 0 atom stereocenters. The van der Waals surface area contributed by atoms with Gasteiger partial charge in [-0.2, -0.15) is 0 Å². The fourth-order valence-corrected chi connectivity index (χ4v) is 1.97. The van der Waals surface area contributed by atoms with Gasteiger partial charge in [-0.05, 0) is 30.2 Å². The topological polar surface area (TPSA) is 79.3 Å². The first-order valence-electron chi connectivity index (χ1n) is 6.20. The number of nitrogens with zero attached hydrogens (tertiary/aromatic N) is 1. The number of nitrogens with one attached hydrogen (secondary N) is 1. The molecule has 5 nitrogen and oxygen atoms in total. The maximum absolute atomic E-state index is 12.1. The van der Waals surface area contributed by atoms with E-state index >= 15 is 0 Å². The normalized spacial score (nSPS) is 10.2. The second-order valence-electron chi connectivity index (χ2n) is 4.48. The average Bonchev–Trinajstić information content (AvgIpc) is 2.48. The van der Waals surface area contributed by atoms with Gasteiger partial charge in [0.15, 0.2) is 0 Å². The second-order valence-corrected chi connectivity index (χ2v) is 4.85. The van der Waals surface area contributed by atoms with Gasteiger partial charge in [0.25, 0.3) is 5.91 Å². The third kappa shape index (κ3) is 3.58. The Balaban J connectivity index is 2.04. The highest BCUT2D eigenvalue weighted by atomic mass is 35.5. The molecule has 1 aromatic heterocycles. The van der Waals surface area contributed by atoms with Crippen LogP contribution in [0.15, 0.2) is 36.5 Å². The van der Waals surface area contributed by atoms with Gasteiger partial charge in [-0.1, -0.05) is 29.8 Å². The van der Waals surface area contributed by atoms with Crippen LogP contribution in [0.3, 0.4) is 0 Å². The fraction of sp³-hybridized carbons (Fsp3) is 0.133. The van der Waals surface area contributed by atoms with Crippen LogP contribution in [0.4, 0.5) is 0 Å². The number of aryl methyl sites for hydroxylation is 1. The summed E-state index contributed by atoms with van der Waals surface area (Å²) >= 11 is 6.09. The molecule has 0 saturated carbocycles. The number of pyridine rings is 1. The van der Waals surface area contributed by atoms with Crippen molar-refractivity contribution >= 4 is 23.5 Å². The number of amides is 1. The summed E-state index contributed by atoms with van der Waals surface area (Å²) in [5.74, 6) is -1.37. The van der Waals surface area contributed by atoms with Crippen molar-refractivity contribution in [3.05, 3.63) is 63.9 Å². The zero-order chi connectivity index (χ0) is 15.4. The van der Waals surface area contributed by atoms with Crippen molar-refractivity contribution in [3.63, 3.8) is 0 Å². The van der Waals surface area contributed by atoms with E-state index in [1.807, 2.05) is 13.0 Å². The summed E-state index contributed by atoms with van der Waals surface area (Å²) in [5, 5.41) is 11.9. The maximum Gasteiger partial charge on any atom is 0.354 e. The molecule has 108 valence electrons. The molecule has 0 aliphatic rings. The maximum atomic E-state index is 12.1. The van der Waals surface area contributed by atoms with Gasteiger partial charge in [0.05, 0.1) is 10.6 Å². The van der Waals surface area contributed by atoms with Crippen molar-refractivity contribution in [1.82, 2.24) is 10.3 Å². The number of halogens is 1. The van der Waals surface area contributed by atoms with Crippen LogP contribution in [0.2, 0.25) is 5.02 Å². The third-order valence-electron chi connectivity index (χ3n) is 2.93. The Morgan fingerprint density at radius 1 is 1.29 bits per heavy atom. The van der Waals surface area contributed by atoms with E-state index in [-0.39, 0.29) is 18.1 Å². The Morgan fingerprint density at radius 3 is 2.67 bits per heavy atom. The SMILES string of the molecule is Cc1cccc(C(=O)NCc2ccc(C(=O)O)nc2)c1Cl. The lowest BCUT2D eigenvalue weighted by atomic mass is 10.1. The summed E-state index contributed by atoms with van der Waals surface area (Å²) in [7, 11) is 0. The van der Waals surface area contributed by atoms with Crippen LogP contribution in [0.25, 0.3) is 0 Å². The Labute approximate surface area is 126 Å². The van der Waals surface area contributed by atoms with Crippen LogP contribution >= 0.6 is 11.6 Å². The predicted molar refractivity (Wildman–Crippen MR) is 78.6 cm³/mol. The summed E-state index contributed by atoms with van der Waals surface area (Å²) in [4.78, 5) is 26.5. The van der Waals surface area contributed by atoms with E-state index in [1.165, 1.54) is 12.3 Å². The molecule has 6 heteroatoms. The number of carbonyl (C=O) groups excluding carboxylic acids is 1. The van der Waals surface area contributed by atoms with E-state index in [0.717, 1.165) is 5.56 Å².